The van der Waals surface area contributed by atoms with Crippen molar-refractivity contribution in [3.05, 3.63) is 57.0 Å². The zero-order valence-electron chi connectivity index (χ0n) is 12.4. The van der Waals surface area contributed by atoms with Gasteiger partial charge in [0.05, 0.1) is 12.8 Å². The predicted octanol–water partition coefficient (Wildman–Crippen LogP) is 3.70. The fourth-order valence-electron chi connectivity index (χ4n) is 1.34. The summed E-state index contributed by atoms with van der Waals surface area (Å²) in [6, 6.07) is 6.99. The maximum absolute atomic E-state index is 10.8. The number of carbonyl (C=O) groups is 1. The first-order chi connectivity index (χ1) is 10.2. The van der Waals surface area contributed by atoms with Crippen LogP contribution in [-0.2, 0) is 10.3 Å². The van der Waals surface area contributed by atoms with E-state index in [1.54, 1.807) is 44.4 Å². The number of hydrogen-bond donors (Lipinski definition) is 1. The van der Waals surface area contributed by atoms with Gasteiger partial charge >= 0.3 is 5.97 Å². The first-order valence-electron chi connectivity index (χ1n) is 6.28. The molecule has 2 aromatic heterocycles. The Bertz CT molecular complexity index is 608. The molecular formula is C15H16Br2N2O3. The Morgan fingerprint density at radius 3 is 2.00 bits per heavy atom. The number of rotatable bonds is 2. The Balaban J connectivity index is 0.000000220. The molecule has 0 spiro atoms. The number of esters is 1. The third-order valence-corrected chi connectivity index (χ3v) is 3.41. The van der Waals surface area contributed by atoms with E-state index in [9.17, 15) is 9.90 Å². The zero-order valence-corrected chi connectivity index (χ0v) is 15.6. The summed E-state index contributed by atoms with van der Waals surface area (Å²) >= 11 is 6.47. The lowest BCUT2D eigenvalue weighted by Crippen LogP contribution is -2.16. The van der Waals surface area contributed by atoms with Gasteiger partial charge in [0.25, 0.3) is 0 Å². The van der Waals surface area contributed by atoms with Gasteiger partial charge in [-0.15, -0.1) is 0 Å². The molecule has 5 nitrogen and oxygen atoms in total. The molecule has 0 radical (unpaired) electrons. The third kappa shape index (κ3) is 6.21. The Hall–Kier alpha value is -1.31. The Labute approximate surface area is 146 Å². The van der Waals surface area contributed by atoms with Crippen LogP contribution in [0.25, 0.3) is 0 Å². The maximum atomic E-state index is 10.8. The number of pyridine rings is 2. The molecule has 0 unspecified atom stereocenters. The SMILES string of the molecule is CC(C)(O)c1ccc(Br)cn1.COC(=O)c1ccc(Br)cn1. The molecule has 2 heterocycles. The molecule has 0 aliphatic heterocycles. The van der Waals surface area contributed by atoms with Gasteiger partial charge in [-0.1, -0.05) is 0 Å². The van der Waals surface area contributed by atoms with Gasteiger partial charge in [-0.3, -0.25) is 4.98 Å². The van der Waals surface area contributed by atoms with Gasteiger partial charge in [0.2, 0.25) is 0 Å². The van der Waals surface area contributed by atoms with E-state index >= 15 is 0 Å². The third-order valence-electron chi connectivity index (χ3n) is 2.48. The molecule has 2 rings (SSSR count). The van der Waals surface area contributed by atoms with Crippen LogP contribution in [-0.4, -0.2) is 28.2 Å². The van der Waals surface area contributed by atoms with Crippen LogP contribution in [0, 0.1) is 0 Å². The van der Waals surface area contributed by atoms with Crippen LogP contribution in [0.5, 0.6) is 0 Å². The minimum Gasteiger partial charge on any atom is -0.464 e. The highest BCUT2D eigenvalue weighted by Gasteiger charge is 2.16. The molecular weight excluding hydrogens is 416 g/mol. The van der Waals surface area contributed by atoms with Crippen LogP contribution in [0.2, 0.25) is 0 Å². The average Bonchev–Trinajstić information content (AvgIpc) is 2.47. The molecule has 0 fully saturated rings. The van der Waals surface area contributed by atoms with Gasteiger partial charge in [0.1, 0.15) is 11.3 Å². The number of methoxy groups -OCH3 is 1. The summed E-state index contributed by atoms with van der Waals surface area (Å²) in [7, 11) is 1.33. The Kier molecular flexibility index (Phi) is 7.12. The molecule has 0 aliphatic carbocycles. The van der Waals surface area contributed by atoms with E-state index in [0.29, 0.717) is 11.4 Å². The predicted molar refractivity (Wildman–Crippen MR) is 90.5 cm³/mol. The highest BCUT2D eigenvalue weighted by atomic mass is 79.9. The van der Waals surface area contributed by atoms with Crippen molar-refractivity contribution in [2.45, 2.75) is 19.4 Å². The zero-order chi connectivity index (χ0) is 16.8. The molecule has 7 heteroatoms. The summed E-state index contributed by atoms with van der Waals surface area (Å²) in [5, 5.41) is 9.50. The second kappa shape index (κ2) is 8.36. The van der Waals surface area contributed by atoms with Crippen molar-refractivity contribution in [3.63, 3.8) is 0 Å². The molecule has 118 valence electrons. The number of aliphatic hydroxyl groups is 1. The van der Waals surface area contributed by atoms with Crippen LogP contribution in [0.1, 0.15) is 30.0 Å². The number of ether oxygens (including phenoxy) is 1. The van der Waals surface area contributed by atoms with Crippen molar-refractivity contribution < 1.29 is 14.6 Å². The van der Waals surface area contributed by atoms with Crippen LogP contribution in [0.15, 0.2) is 45.6 Å². The second-order valence-corrected chi connectivity index (χ2v) is 6.61. The molecule has 0 saturated carbocycles. The summed E-state index contributed by atoms with van der Waals surface area (Å²) in [5.74, 6) is -0.419. The smallest absolute Gasteiger partial charge is 0.356 e. The molecule has 0 saturated heterocycles. The summed E-state index contributed by atoms with van der Waals surface area (Å²) in [4.78, 5) is 18.7. The van der Waals surface area contributed by atoms with Gasteiger partial charge in [-0.05, 0) is 70.0 Å². The maximum Gasteiger partial charge on any atom is 0.356 e. The molecule has 0 aromatic carbocycles. The van der Waals surface area contributed by atoms with E-state index in [2.05, 4.69) is 46.6 Å². The van der Waals surface area contributed by atoms with E-state index in [0.717, 1.165) is 8.95 Å². The highest BCUT2D eigenvalue weighted by Crippen LogP contribution is 2.18. The van der Waals surface area contributed by atoms with Crippen LogP contribution in [0.4, 0.5) is 0 Å². The molecule has 0 aliphatic rings. The standard InChI is InChI=1S/C8H10BrNO.C7H6BrNO2/c1-8(2,11)7-4-3-6(9)5-10-7;1-11-7(10)6-3-2-5(8)4-9-6/h3-5,11H,1-2H3;2-4H,1H3. The quantitative estimate of drug-likeness (QED) is 0.734. The average molecular weight is 432 g/mol. The fourth-order valence-corrected chi connectivity index (χ4v) is 1.81. The van der Waals surface area contributed by atoms with Gasteiger partial charge in [0, 0.05) is 21.3 Å². The number of hydrogen-bond acceptors (Lipinski definition) is 5. The minimum atomic E-state index is -0.847. The number of nitrogens with zero attached hydrogens (tertiary/aromatic N) is 2. The second-order valence-electron chi connectivity index (χ2n) is 4.77. The number of halogens is 2. The summed E-state index contributed by atoms with van der Waals surface area (Å²) in [6.07, 6.45) is 3.22. The van der Waals surface area contributed by atoms with Crippen LogP contribution >= 0.6 is 31.9 Å². The molecule has 0 atom stereocenters. The first kappa shape index (κ1) is 18.7. The minimum absolute atomic E-state index is 0.315. The lowest BCUT2D eigenvalue weighted by atomic mass is 10.1. The van der Waals surface area contributed by atoms with E-state index in [1.807, 2.05) is 6.07 Å². The van der Waals surface area contributed by atoms with Crippen molar-refractivity contribution in [1.82, 2.24) is 9.97 Å². The van der Waals surface area contributed by atoms with Gasteiger partial charge in [-0.2, -0.15) is 0 Å². The Morgan fingerprint density at radius 1 is 1.09 bits per heavy atom. The van der Waals surface area contributed by atoms with Crippen LogP contribution < -0.4 is 0 Å². The topological polar surface area (TPSA) is 72.3 Å². The fraction of sp³-hybridized carbons (Fsp3) is 0.267. The van der Waals surface area contributed by atoms with E-state index in [1.165, 1.54) is 7.11 Å². The highest BCUT2D eigenvalue weighted by molar-refractivity contribution is 9.10. The van der Waals surface area contributed by atoms with E-state index < -0.39 is 11.6 Å². The lowest BCUT2D eigenvalue weighted by molar-refractivity contribution is 0.0593. The van der Waals surface area contributed by atoms with Gasteiger partial charge in [-0.25, -0.2) is 9.78 Å². The molecule has 0 amide bonds. The van der Waals surface area contributed by atoms with Gasteiger partial charge < -0.3 is 9.84 Å². The summed E-state index contributed by atoms with van der Waals surface area (Å²) < 4.78 is 6.22. The lowest BCUT2D eigenvalue weighted by Gasteiger charge is -2.15. The van der Waals surface area contributed by atoms with Crippen molar-refractivity contribution in [3.8, 4) is 0 Å². The van der Waals surface area contributed by atoms with E-state index in [-0.39, 0.29) is 0 Å². The Morgan fingerprint density at radius 2 is 1.64 bits per heavy atom. The van der Waals surface area contributed by atoms with E-state index in [4.69, 9.17) is 0 Å². The summed E-state index contributed by atoms with van der Waals surface area (Å²) in [5.41, 5.74) is 0.150. The van der Waals surface area contributed by atoms with Gasteiger partial charge in [0.15, 0.2) is 0 Å². The number of aromatic nitrogens is 2. The molecule has 22 heavy (non-hydrogen) atoms. The number of carbonyl (C=O) groups excluding carboxylic acids is 1. The normalized spacial score (nSPS) is 10.5. The summed E-state index contributed by atoms with van der Waals surface area (Å²) in [6.45, 7) is 3.42. The molecule has 1 N–H and O–H groups in total. The van der Waals surface area contributed by atoms with Crippen molar-refractivity contribution in [2.75, 3.05) is 7.11 Å². The van der Waals surface area contributed by atoms with Crippen molar-refractivity contribution in [2.24, 2.45) is 0 Å². The van der Waals surface area contributed by atoms with Crippen molar-refractivity contribution >= 4 is 37.8 Å². The monoisotopic (exact) mass is 430 g/mol. The largest absolute Gasteiger partial charge is 0.464 e. The molecule has 2 aromatic rings. The van der Waals surface area contributed by atoms with Crippen molar-refractivity contribution in [1.29, 1.82) is 0 Å². The first-order valence-corrected chi connectivity index (χ1v) is 7.87. The van der Waals surface area contributed by atoms with Crippen LogP contribution in [0.3, 0.4) is 0 Å². The molecule has 0 bridgehead atoms.